The minimum atomic E-state index is -0.0583. The van der Waals surface area contributed by atoms with Crippen LogP contribution in [0, 0.1) is 23.2 Å². The molecule has 0 aliphatic heterocycles. The smallest absolute Gasteiger partial charge is 0.143 e. The maximum Gasteiger partial charge on any atom is 0.143 e. The van der Waals surface area contributed by atoms with E-state index in [1.165, 1.54) is 19.3 Å². The maximum absolute atomic E-state index is 13.1. The molecule has 4 fully saturated rings. The fourth-order valence-corrected chi connectivity index (χ4v) is 6.03. The fraction of sp³-hybridized carbons (Fsp3) is 0.611. The van der Waals surface area contributed by atoms with E-state index >= 15 is 0 Å². The molecule has 21 heavy (non-hydrogen) atoms. The second-order valence-electron chi connectivity index (χ2n) is 7.50. The molecular weight excluding hydrogens is 303 g/mol. The first kappa shape index (κ1) is 14.1. The Labute approximate surface area is 136 Å². The number of carbonyl (C=O) groups excluding carboxylic acids is 1. The number of carbonyl (C=O) groups is 1. The van der Waals surface area contributed by atoms with Crippen molar-refractivity contribution in [3.05, 3.63) is 33.8 Å². The Hall–Kier alpha value is -0.530. The van der Waals surface area contributed by atoms with E-state index in [-0.39, 0.29) is 5.41 Å². The minimum Gasteiger partial charge on any atom is -0.299 e. The van der Waals surface area contributed by atoms with Crippen molar-refractivity contribution in [2.75, 3.05) is 0 Å². The van der Waals surface area contributed by atoms with Gasteiger partial charge in [0, 0.05) is 21.9 Å². The molecule has 112 valence electrons. The van der Waals surface area contributed by atoms with Gasteiger partial charge in [0.05, 0.1) is 0 Å². The number of ketones is 1. The van der Waals surface area contributed by atoms with E-state index in [0.717, 1.165) is 42.6 Å². The standard InChI is InChI=1S/C18H20Cl2O/c19-15-2-1-3-16(20)14(15)7-17(21)18-8-11-4-12(9-18)6-13(5-11)10-18/h1-3,11-13H,4-10H2. The highest BCUT2D eigenvalue weighted by Crippen LogP contribution is 2.60. The highest BCUT2D eigenvalue weighted by molar-refractivity contribution is 6.36. The zero-order chi connectivity index (χ0) is 14.6. The topological polar surface area (TPSA) is 17.1 Å². The van der Waals surface area contributed by atoms with Crippen LogP contribution in [0.3, 0.4) is 0 Å². The molecule has 0 N–H and O–H groups in total. The molecule has 0 heterocycles. The molecule has 1 nitrogen and oxygen atoms in total. The first-order chi connectivity index (χ1) is 10.1. The number of halogens is 2. The summed E-state index contributed by atoms with van der Waals surface area (Å²) in [5.41, 5.74) is 0.763. The van der Waals surface area contributed by atoms with Crippen molar-refractivity contribution in [1.29, 1.82) is 0 Å². The number of benzene rings is 1. The fourth-order valence-electron chi connectivity index (χ4n) is 5.50. The van der Waals surface area contributed by atoms with Crippen LogP contribution in [0.5, 0.6) is 0 Å². The molecule has 4 aliphatic carbocycles. The van der Waals surface area contributed by atoms with Crippen molar-refractivity contribution in [2.45, 2.75) is 44.9 Å². The van der Waals surface area contributed by atoms with Crippen molar-refractivity contribution in [3.8, 4) is 0 Å². The van der Waals surface area contributed by atoms with Crippen molar-refractivity contribution in [2.24, 2.45) is 23.2 Å². The summed E-state index contributed by atoms with van der Waals surface area (Å²) in [5, 5.41) is 1.25. The van der Waals surface area contributed by atoms with Gasteiger partial charge in [-0.25, -0.2) is 0 Å². The van der Waals surface area contributed by atoms with Gasteiger partial charge in [0.2, 0.25) is 0 Å². The van der Waals surface area contributed by atoms with Crippen molar-refractivity contribution in [1.82, 2.24) is 0 Å². The van der Waals surface area contributed by atoms with Crippen LogP contribution in [0.25, 0.3) is 0 Å². The Morgan fingerprint density at radius 2 is 1.48 bits per heavy atom. The highest BCUT2D eigenvalue weighted by Gasteiger charge is 2.54. The van der Waals surface area contributed by atoms with E-state index in [1.807, 2.05) is 18.2 Å². The van der Waals surface area contributed by atoms with E-state index < -0.39 is 0 Å². The molecule has 3 heteroatoms. The molecular formula is C18H20Cl2O. The summed E-state index contributed by atoms with van der Waals surface area (Å²) in [6.07, 6.45) is 7.82. The SMILES string of the molecule is O=C(Cc1c(Cl)cccc1Cl)C12CC3CC(CC(C3)C1)C2. The van der Waals surface area contributed by atoms with Crippen LogP contribution in [-0.2, 0) is 11.2 Å². The summed E-state index contributed by atoms with van der Waals surface area (Å²) >= 11 is 12.5. The van der Waals surface area contributed by atoms with Crippen LogP contribution >= 0.6 is 23.2 Å². The lowest BCUT2D eigenvalue weighted by molar-refractivity contribution is -0.143. The van der Waals surface area contributed by atoms with E-state index in [2.05, 4.69) is 0 Å². The predicted molar refractivity (Wildman–Crippen MR) is 85.8 cm³/mol. The van der Waals surface area contributed by atoms with Crippen molar-refractivity contribution in [3.63, 3.8) is 0 Å². The summed E-state index contributed by atoms with van der Waals surface area (Å²) in [4.78, 5) is 13.1. The van der Waals surface area contributed by atoms with Gasteiger partial charge in [-0.3, -0.25) is 4.79 Å². The number of rotatable bonds is 3. The Morgan fingerprint density at radius 1 is 1.00 bits per heavy atom. The van der Waals surface area contributed by atoms with Crippen LogP contribution in [0.15, 0.2) is 18.2 Å². The van der Waals surface area contributed by atoms with E-state index in [1.54, 1.807) is 0 Å². The summed E-state index contributed by atoms with van der Waals surface area (Å²) in [6, 6.07) is 5.49. The third-order valence-electron chi connectivity index (χ3n) is 6.03. The zero-order valence-corrected chi connectivity index (χ0v) is 13.6. The average molecular weight is 323 g/mol. The van der Waals surface area contributed by atoms with Crippen molar-refractivity contribution >= 4 is 29.0 Å². The summed E-state index contributed by atoms with van der Waals surface area (Å²) in [6.45, 7) is 0. The van der Waals surface area contributed by atoms with Crippen LogP contribution in [0.2, 0.25) is 10.0 Å². The van der Waals surface area contributed by atoms with Gasteiger partial charge >= 0.3 is 0 Å². The second kappa shape index (κ2) is 4.99. The second-order valence-corrected chi connectivity index (χ2v) is 8.31. The molecule has 1 aromatic rings. The minimum absolute atomic E-state index is 0.0583. The summed E-state index contributed by atoms with van der Waals surface area (Å²) < 4.78 is 0. The molecule has 0 unspecified atom stereocenters. The monoisotopic (exact) mass is 322 g/mol. The van der Waals surface area contributed by atoms with Gasteiger partial charge in [-0.1, -0.05) is 29.3 Å². The Kier molecular flexibility index (Phi) is 3.35. The lowest BCUT2D eigenvalue weighted by Crippen LogP contribution is -2.50. The van der Waals surface area contributed by atoms with Crippen LogP contribution in [0.4, 0.5) is 0 Å². The Balaban J connectivity index is 1.60. The molecule has 4 saturated carbocycles. The molecule has 4 aliphatic rings. The first-order valence-corrected chi connectivity index (χ1v) is 8.77. The van der Waals surface area contributed by atoms with Gasteiger partial charge in [-0.2, -0.15) is 0 Å². The molecule has 0 radical (unpaired) electrons. The molecule has 4 bridgehead atoms. The Bertz CT molecular complexity index is 537. The van der Waals surface area contributed by atoms with Gasteiger partial charge < -0.3 is 0 Å². The van der Waals surface area contributed by atoms with Crippen LogP contribution < -0.4 is 0 Å². The molecule has 5 rings (SSSR count). The maximum atomic E-state index is 13.1. The molecule has 0 spiro atoms. The van der Waals surface area contributed by atoms with Gasteiger partial charge in [-0.15, -0.1) is 0 Å². The van der Waals surface area contributed by atoms with E-state index in [0.29, 0.717) is 22.2 Å². The van der Waals surface area contributed by atoms with E-state index in [9.17, 15) is 4.79 Å². The number of hydrogen-bond acceptors (Lipinski definition) is 1. The zero-order valence-electron chi connectivity index (χ0n) is 12.1. The lowest BCUT2D eigenvalue weighted by atomic mass is 9.48. The predicted octanol–water partition coefficient (Wildman–Crippen LogP) is 5.32. The third kappa shape index (κ3) is 2.33. The third-order valence-corrected chi connectivity index (χ3v) is 6.74. The number of Topliss-reactive ketones (excluding diaryl/α,β-unsaturated/α-hetero) is 1. The molecule has 1 aromatic carbocycles. The highest BCUT2D eigenvalue weighted by atomic mass is 35.5. The normalized spacial score (nSPS) is 37.0. The van der Waals surface area contributed by atoms with Gasteiger partial charge in [0.1, 0.15) is 5.78 Å². The lowest BCUT2D eigenvalue weighted by Gasteiger charge is -2.56. The molecule has 0 amide bonds. The van der Waals surface area contributed by atoms with Gasteiger partial charge in [0.25, 0.3) is 0 Å². The van der Waals surface area contributed by atoms with Gasteiger partial charge in [0.15, 0.2) is 0 Å². The largest absolute Gasteiger partial charge is 0.299 e. The summed E-state index contributed by atoms with van der Waals surface area (Å²) in [5.74, 6) is 2.77. The average Bonchev–Trinajstić information content (AvgIpc) is 2.41. The van der Waals surface area contributed by atoms with Gasteiger partial charge in [-0.05, 0) is 74.0 Å². The van der Waals surface area contributed by atoms with Crippen LogP contribution in [-0.4, -0.2) is 5.78 Å². The molecule has 0 atom stereocenters. The Morgan fingerprint density at radius 3 is 1.95 bits per heavy atom. The summed E-state index contributed by atoms with van der Waals surface area (Å²) in [7, 11) is 0. The van der Waals surface area contributed by atoms with Crippen LogP contribution in [0.1, 0.15) is 44.1 Å². The molecule has 0 aromatic heterocycles. The first-order valence-electron chi connectivity index (χ1n) is 8.02. The number of hydrogen-bond donors (Lipinski definition) is 0. The van der Waals surface area contributed by atoms with E-state index in [4.69, 9.17) is 23.2 Å². The quantitative estimate of drug-likeness (QED) is 0.735. The molecule has 0 saturated heterocycles. The van der Waals surface area contributed by atoms with Crippen molar-refractivity contribution < 1.29 is 4.79 Å².